The van der Waals surface area contributed by atoms with Crippen molar-refractivity contribution in [2.45, 2.75) is 31.4 Å². The molecule has 1 spiro atoms. The molecule has 0 unspecified atom stereocenters. The Morgan fingerprint density at radius 2 is 2.40 bits per heavy atom. The molecule has 3 nitrogen and oxygen atoms in total. The van der Waals surface area contributed by atoms with E-state index in [1.807, 2.05) is 6.92 Å². The van der Waals surface area contributed by atoms with Gasteiger partial charge in [0.2, 0.25) is 5.91 Å². The van der Waals surface area contributed by atoms with E-state index in [0.717, 1.165) is 12.8 Å². The van der Waals surface area contributed by atoms with Crippen LogP contribution in [0.15, 0.2) is 0 Å². The fourth-order valence-electron chi connectivity index (χ4n) is 1.45. The van der Waals surface area contributed by atoms with Gasteiger partial charge in [-0.2, -0.15) is 0 Å². The molecule has 2 rings (SSSR count). The number of hydrogen-bond donors (Lipinski definition) is 1. The zero-order valence-electron chi connectivity index (χ0n) is 6.02. The lowest BCUT2D eigenvalue weighted by molar-refractivity contribution is -0.138. The van der Waals surface area contributed by atoms with Gasteiger partial charge in [-0.3, -0.25) is 4.79 Å². The summed E-state index contributed by atoms with van der Waals surface area (Å²) in [4.78, 5) is 10.8. The van der Waals surface area contributed by atoms with Gasteiger partial charge >= 0.3 is 0 Å². The highest BCUT2D eigenvalue weighted by atomic mass is 16.5. The zero-order valence-corrected chi connectivity index (χ0v) is 6.02. The van der Waals surface area contributed by atoms with E-state index in [-0.39, 0.29) is 24.2 Å². The molecule has 1 saturated heterocycles. The third-order valence-corrected chi connectivity index (χ3v) is 2.40. The molecule has 1 atom stereocenters. The van der Waals surface area contributed by atoms with Crippen molar-refractivity contribution in [1.29, 1.82) is 0 Å². The molecule has 0 aromatic rings. The lowest BCUT2D eigenvalue weighted by Crippen LogP contribution is -2.51. The van der Waals surface area contributed by atoms with E-state index in [1.54, 1.807) is 0 Å². The predicted molar refractivity (Wildman–Crippen MR) is 35.5 cm³/mol. The number of rotatable bonds is 0. The summed E-state index contributed by atoms with van der Waals surface area (Å²) < 4.78 is 5.39. The van der Waals surface area contributed by atoms with Crippen molar-refractivity contribution in [2.75, 3.05) is 6.61 Å². The average molecular weight is 141 g/mol. The maximum absolute atomic E-state index is 10.8. The molecule has 1 amide bonds. The molecule has 10 heavy (non-hydrogen) atoms. The minimum Gasteiger partial charge on any atom is -0.363 e. The summed E-state index contributed by atoms with van der Waals surface area (Å²) in [7, 11) is 0. The summed E-state index contributed by atoms with van der Waals surface area (Å²) in [5.41, 5.74) is 0.0356. The van der Waals surface area contributed by atoms with E-state index in [2.05, 4.69) is 5.32 Å². The molecule has 0 aromatic heterocycles. The van der Waals surface area contributed by atoms with Crippen LogP contribution in [0, 0.1) is 0 Å². The number of nitrogens with one attached hydrogen (secondary N) is 1. The van der Waals surface area contributed by atoms with Crippen LogP contribution in [0.5, 0.6) is 0 Å². The van der Waals surface area contributed by atoms with Crippen LogP contribution in [0.4, 0.5) is 0 Å². The minimum atomic E-state index is 0.0185. The molecule has 0 radical (unpaired) electrons. The Morgan fingerprint density at radius 1 is 1.70 bits per heavy atom. The molecule has 2 aliphatic rings. The molecule has 1 saturated carbocycles. The van der Waals surface area contributed by atoms with Gasteiger partial charge in [-0.25, -0.2) is 0 Å². The van der Waals surface area contributed by atoms with Crippen LogP contribution in [0.1, 0.15) is 19.8 Å². The molecular weight excluding hydrogens is 130 g/mol. The van der Waals surface area contributed by atoms with Crippen LogP contribution in [-0.2, 0) is 9.53 Å². The van der Waals surface area contributed by atoms with Crippen LogP contribution in [0.2, 0.25) is 0 Å². The van der Waals surface area contributed by atoms with Crippen molar-refractivity contribution >= 4 is 5.91 Å². The Morgan fingerprint density at radius 3 is 2.90 bits per heavy atom. The first kappa shape index (κ1) is 6.16. The predicted octanol–water partition coefficient (Wildman–Crippen LogP) is 0.0539. The lowest BCUT2D eigenvalue weighted by Gasteiger charge is -2.29. The van der Waals surface area contributed by atoms with Gasteiger partial charge in [0.15, 0.2) is 0 Å². The molecule has 56 valence electrons. The standard InChI is InChI=1S/C7H11NO2/c1-5-7(2-3-7)10-4-6(9)8-5/h5H,2-4H2,1H3,(H,8,9)/t5-/m0/s1. The smallest absolute Gasteiger partial charge is 0.246 e. The van der Waals surface area contributed by atoms with E-state index in [9.17, 15) is 4.79 Å². The fraction of sp³-hybridized carbons (Fsp3) is 0.857. The SMILES string of the molecule is C[C@@H]1NC(=O)COC12CC2. The van der Waals surface area contributed by atoms with Crippen molar-refractivity contribution in [3.05, 3.63) is 0 Å². The van der Waals surface area contributed by atoms with Gasteiger partial charge in [-0.05, 0) is 19.8 Å². The number of carbonyl (C=O) groups is 1. The monoisotopic (exact) mass is 141 g/mol. The van der Waals surface area contributed by atoms with Gasteiger partial charge in [0.1, 0.15) is 6.61 Å². The fourth-order valence-corrected chi connectivity index (χ4v) is 1.45. The lowest BCUT2D eigenvalue weighted by atomic mass is 10.1. The summed E-state index contributed by atoms with van der Waals surface area (Å²) in [5, 5.41) is 2.87. The van der Waals surface area contributed by atoms with Crippen molar-refractivity contribution in [2.24, 2.45) is 0 Å². The van der Waals surface area contributed by atoms with E-state index in [0.29, 0.717) is 0 Å². The quantitative estimate of drug-likeness (QED) is 0.517. The topological polar surface area (TPSA) is 38.3 Å². The van der Waals surface area contributed by atoms with E-state index in [1.165, 1.54) is 0 Å². The van der Waals surface area contributed by atoms with Crippen molar-refractivity contribution in [1.82, 2.24) is 5.32 Å². The van der Waals surface area contributed by atoms with Crippen LogP contribution in [0.3, 0.4) is 0 Å². The van der Waals surface area contributed by atoms with Gasteiger partial charge < -0.3 is 10.1 Å². The maximum Gasteiger partial charge on any atom is 0.246 e. The van der Waals surface area contributed by atoms with E-state index < -0.39 is 0 Å². The highest BCUT2D eigenvalue weighted by Crippen LogP contribution is 2.43. The Labute approximate surface area is 59.7 Å². The largest absolute Gasteiger partial charge is 0.363 e. The molecule has 1 N–H and O–H groups in total. The Hall–Kier alpha value is -0.570. The maximum atomic E-state index is 10.8. The summed E-state index contributed by atoms with van der Waals surface area (Å²) in [6.07, 6.45) is 2.21. The number of carbonyl (C=O) groups excluding carboxylic acids is 1. The zero-order chi connectivity index (χ0) is 7.19. The highest BCUT2D eigenvalue weighted by Gasteiger charge is 2.51. The van der Waals surface area contributed by atoms with Crippen molar-refractivity contribution in [3.8, 4) is 0 Å². The number of amides is 1. The Balaban J connectivity index is 2.07. The summed E-state index contributed by atoms with van der Waals surface area (Å²) >= 11 is 0. The average Bonchev–Trinajstić information content (AvgIpc) is 2.62. The first-order valence-electron chi connectivity index (χ1n) is 3.66. The molecule has 0 bridgehead atoms. The molecule has 3 heteroatoms. The second-order valence-electron chi connectivity index (χ2n) is 3.14. The van der Waals surface area contributed by atoms with Crippen LogP contribution < -0.4 is 5.32 Å². The van der Waals surface area contributed by atoms with Crippen LogP contribution in [0.25, 0.3) is 0 Å². The second kappa shape index (κ2) is 1.72. The Kier molecular flexibility index (Phi) is 1.06. The number of morpholine rings is 1. The van der Waals surface area contributed by atoms with Gasteiger partial charge in [0, 0.05) is 0 Å². The Bertz CT molecular complexity index is 174. The van der Waals surface area contributed by atoms with E-state index >= 15 is 0 Å². The van der Waals surface area contributed by atoms with Gasteiger partial charge in [-0.15, -0.1) is 0 Å². The van der Waals surface area contributed by atoms with Gasteiger partial charge in [0.05, 0.1) is 11.6 Å². The van der Waals surface area contributed by atoms with E-state index in [4.69, 9.17) is 4.74 Å². The normalized spacial score (nSPS) is 35.7. The van der Waals surface area contributed by atoms with Crippen molar-refractivity contribution < 1.29 is 9.53 Å². The first-order valence-corrected chi connectivity index (χ1v) is 3.66. The molecule has 1 aliphatic carbocycles. The third kappa shape index (κ3) is 0.736. The second-order valence-corrected chi connectivity index (χ2v) is 3.14. The third-order valence-electron chi connectivity index (χ3n) is 2.40. The summed E-state index contributed by atoms with van der Waals surface area (Å²) in [6, 6.07) is 0.216. The van der Waals surface area contributed by atoms with Crippen LogP contribution in [-0.4, -0.2) is 24.2 Å². The van der Waals surface area contributed by atoms with Crippen LogP contribution >= 0.6 is 0 Å². The number of ether oxygens (including phenoxy) is 1. The first-order chi connectivity index (χ1) is 4.73. The van der Waals surface area contributed by atoms with Crippen molar-refractivity contribution in [3.63, 3.8) is 0 Å². The number of hydrogen-bond acceptors (Lipinski definition) is 2. The van der Waals surface area contributed by atoms with Gasteiger partial charge in [-0.1, -0.05) is 0 Å². The summed E-state index contributed by atoms with van der Waals surface area (Å²) in [6.45, 7) is 2.26. The van der Waals surface area contributed by atoms with Gasteiger partial charge in [0.25, 0.3) is 0 Å². The summed E-state index contributed by atoms with van der Waals surface area (Å²) in [5.74, 6) is 0.0185. The minimum absolute atomic E-state index is 0.0185. The molecule has 1 aliphatic heterocycles. The molecular formula is C7H11NO2. The molecule has 1 heterocycles. The molecule has 0 aromatic carbocycles. The molecule has 2 fully saturated rings. The highest BCUT2D eigenvalue weighted by molar-refractivity contribution is 5.78.